The Morgan fingerprint density at radius 3 is 2.65 bits per heavy atom. The van der Waals surface area contributed by atoms with E-state index < -0.39 is 0 Å². The van der Waals surface area contributed by atoms with Gasteiger partial charge in [0.25, 0.3) is 5.91 Å². The van der Waals surface area contributed by atoms with Crippen LogP contribution in [0.5, 0.6) is 0 Å². The number of nitrogens with one attached hydrogen (secondary N) is 1. The largest absolute Gasteiger partial charge is 0.392 e. The average molecular weight is 311 g/mol. The van der Waals surface area contributed by atoms with E-state index in [9.17, 15) is 4.79 Å². The van der Waals surface area contributed by atoms with E-state index in [0.717, 1.165) is 30.8 Å². The third-order valence-corrected chi connectivity index (χ3v) is 4.97. The summed E-state index contributed by atoms with van der Waals surface area (Å²) in [5.41, 5.74) is 6.74. The van der Waals surface area contributed by atoms with Crippen molar-refractivity contribution < 1.29 is 4.79 Å². The number of thiocarbonyl (C=S) groups is 1. The second-order valence-corrected chi connectivity index (χ2v) is 7.12. The molecule has 1 aliphatic heterocycles. The molecule has 1 aromatic heterocycles. The summed E-state index contributed by atoms with van der Waals surface area (Å²) in [7, 11) is 0. The third-order valence-electron chi connectivity index (χ3n) is 3.69. The molecule has 110 valence electrons. The summed E-state index contributed by atoms with van der Waals surface area (Å²) in [5, 5.41) is 3.13. The molecular weight excluding hydrogens is 290 g/mol. The lowest BCUT2D eigenvalue weighted by Crippen LogP contribution is -2.46. The van der Waals surface area contributed by atoms with E-state index in [2.05, 4.69) is 10.2 Å². The number of hydrogen-bond acceptors (Lipinski definition) is 4. The van der Waals surface area contributed by atoms with Gasteiger partial charge >= 0.3 is 0 Å². The molecule has 0 bridgehead atoms. The Balaban J connectivity index is 1.83. The molecule has 0 unspecified atom stereocenters. The molecule has 2 rings (SSSR count). The zero-order valence-corrected chi connectivity index (χ0v) is 13.6. The van der Waals surface area contributed by atoms with Crippen molar-refractivity contribution in [1.29, 1.82) is 0 Å². The predicted octanol–water partition coefficient (Wildman–Crippen LogP) is 1.85. The minimum Gasteiger partial charge on any atom is -0.392 e. The number of nitrogens with two attached hydrogens (primary N) is 1. The quantitative estimate of drug-likeness (QED) is 0.833. The van der Waals surface area contributed by atoms with Gasteiger partial charge in [-0.1, -0.05) is 12.2 Å². The van der Waals surface area contributed by atoms with Crippen molar-refractivity contribution >= 4 is 34.5 Å². The number of nitrogens with zero attached hydrogens (tertiary/aromatic N) is 1. The molecular formula is C14H21N3OS2. The van der Waals surface area contributed by atoms with Crippen molar-refractivity contribution in [3.8, 4) is 0 Å². The van der Waals surface area contributed by atoms with Crippen LogP contribution < -0.4 is 11.1 Å². The van der Waals surface area contributed by atoms with Crippen LogP contribution in [0.15, 0.2) is 6.07 Å². The molecule has 0 aromatic carbocycles. The fraction of sp³-hybridized carbons (Fsp3) is 0.571. The third kappa shape index (κ3) is 4.01. The number of amides is 1. The van der Waals surface area contributed by atoms with Crippen molar-refractivity contribution in [3.63, 3.8) is 0 Å². The number of aryl methyl sites for hydroxylation is 2. The molecule has 20 heavy (non-hydrogen) atoms. The maximum atomic E-state index is 12.2. The minimum atomic E-state index is 0.0546. The maximum Gasteiger partial charge on any atom is 0.261 e. The first-order valence-electron chi connectivity index (χ1n) is 6.84. The zero-order chi connectivity index (χ0) is 14.7. The summed E-state index contributed by atoms with van der Waals surface area (Å²) in [6, 6.07) is 2.23. The summed E-state index contributed by atoms with van der Waals surface area (Å²) < 4.78 is 0. The van der Waals surface area contributed by atoms with Gasteiger partial charge in [-0.2, -0.15) is 0 Å². The van der Waals surface area contributed by atoms with Gasteiger partial charge in [0.2, 0.25) is 0 Å². The first-order chi connectivity index (χ1) is 9.45. The van der Waals surface area contributed by atoms with E-state index in [1.165, 1.54) is 10.4 Å². The first-order valence-corrected chi connectivity index (χ1v) is 8.06. The van der Waals surface area contributed by atoms with Crippen molar-refractivity contribution in [2.45, 2.75) is 32.7 Å². The monoisotopic (exact) mass is 311 g/mol. The molecule has 0 radical (unpaired) electrons. The van der Waals surface area contributed by atoms with Gasteiger partial charge in [-0.3, -0.25) is 9.69 Å². The number of hydrogen-bond donors (Lipinski definition) is 2. The maximum absolute atomic E-state index is 12.2. The van der Waals surface area contributed by atoms with E-state index in [-0.39, 0.29) is 11.9 Å². The zero-order valence-electron chi connectivity index (χ0n) is 11.9. The summed E-state index contributed by atoms with van der Waals surface area (Å²) in [5.74, 6) is 0.0546. The molecule has 4 nitrogen and oxygen atoms in total. The lowest BCUT2D eigenvalue weighted by atomic mass is 10.0. The molecule has 1 fully saturated rings. The standard InChI is InChI=1S/C14H21N3OS2/c1-9-7-12(20-10(9)2)14(18)16-11-3-5-17(6-4-11)8-13(15)19/h7,11H,3-6,8H2,1-2H3,(H2,15,19)(H,16,18). The van der Waals surface area contributed by atoms with Crippen LogP contribution >= 0.6 is 23.6 Å². The summed E-state index contributed by atoms with van der Waals surface area (Å²) in [6.45, 7) is 6.64. The van der Waals surface area contributed by atoms with Crippen molar-refractivity contribution in [2.24, 2.45) is 5.73 Å². The average Bonchev–Trinajstić information content (AvgIpc) is 2.71. The van der Waals surface area contributed by atoms with Gasteiger partial charge < -0.3 is 11.1 Å². The smallest absolute Gasteiger partial charge is 0.261 e. The highest BCUT2D eigenvalue weighted by molar-refractivity contribution is 7.80. The molecule has 0 atom stereocenters. The van der Waals surface area contributed by atoms with Crippen LogP contribution in [0.1, 0.15) is 33.0 Å². The SMILES string of the molecule is Cc1cc(C(=O)NC2CCN(CC(N)=S)CC2)sc1C. The molecule has 3 N–H and O–H groups in total. The van der Waals surface area contributed by atoms with Crippen LogP contribution in [0.25, 0.3) is 0 Å². The number of carbonyl (C=O) groups excluding carboxylic acids is 1. The van der Waals surface area contributed by atoms with Crippen LogP contribution in [0.4, 0.5) is 0 Å². The molecule has 1 amide bonds. The van der Waals surface area contributed by atoms with Crippen molar-refractivity contribution in [3.05, 3.63) is 21.4 Å². The Bertz CT molecular complexity index is 485. The van der Waals surface area contributed by atoms with E-state index >= 15 is 0 Å². The summed E-state index contributed by atoms with van der Waals surface area (Å²) in [4.78, 5) is 17.0. The van der Waals surface area contributed by atoms with Gasteiger partial charge in [0.1, 0.15) is 0 Å². The lowest BCUT2D eigenvalue weighted by molar-refractivity contribution is 0.0919. The highest BCUT2D eigenvalue weighted by atomic mass is 32.1. The van der Waals surface area contributed by atoms with Crippen molar-refractivity contribution in [2.75, 3.05) is 19.6 Å². The topological polar surface area (TPSA) is 58.4 Å². The predicted molar refractivity (Wildman–Crippen MR) is 87.5 cm³/mol. The van der Waals surface area contributed by atoms with Crippen LogP contribution in [0.3, 0.4) is 0 Å². The van der Waals surface area contributed by atoms with Gasteiger partial charge in [0.15, 0.2) is 0 Å². The Morgan fingerprint density at radius 2 is 2.15 bits per heavy atom. The molecule has 1 aliphatic rings. The summed E-state index contributed by atoms with van der Waals surface area (Å²) in [6.07, 6.45) is 1.91. The number of carbonyl (C=O) groups is 1. The second-order valence-electron chi connectivity index (χ2n) is 5.34. The van der Waals surface area contributed by atoms with Crippen LogP contribution in [-0.4, -0.2) is 41.5 Å². The van der Waals surface area contributed by atoms with Gasteiger partial charge in [-0.05, 0) is 38.3 Å². The Morgan fingerprint density at radius 1 is 1.50 bits per heavy atom. The van der Waals surface area contributed by atoms with Gasteiger partial charge in [0, 0.05) is 30.6 Å². The molecule has 6 heteroatoms. The molecule has 0 spiro atoms. The Hall–Kier alpha value is -0.980. The van der Waals surface area contributed by atoms with E-state index in [1.807, 2.05) is 19.9 Å². The number of rotatable bonds is 4. The van der Waals surface area contributed by atoms with Crippen LogP contribution in [0.2, 0.25) is 0 Å². The van der Waals surface area contributed by atoms with Crippen molar-refractivity contribution in [1.82, 2.24) is 10.2 Å². The fourth-order valence-corrected chi connectivity index (χ4v) is 3.52. The minimum absolute atomic E-state index is 0.0546. The van der Waals surface area contributed by atoms with Crippen LogP contribution in [-0.2, 0) is 0 Å². The highest BCUT2D eigenvalue weighted by Gasteiger charge is 2.22. The summed E-state index contributed by atoms with van der Waals surface area (Å²) >= 11 is 6.49. The normalized spacial score (nSPS) is 17.1. The van der Waals surface area contributed by atoms with E-state index in [4.69, 9.17) is 18.0 Å². The number of piperidine rings is 1. The highest BCUT2D eigenvalue weighted by Crippen LogP contribution is 2.21. The second kappa shape index (κ2) is 6.65. The molecule has 1 saturated heterocycles. The molecule has 0 saturated carbocycles. The van der Waals surface area contributed by atoms with Gasteiger partial charge in [-0.15, -0.1) is 11.3 Å². The molecule has 0 aliphatic carbocycles. The van der Waals surface area contributed by atoms with Gasteiger partial charge in [-0.25, -0.2) is 0 Å². The first kappa shape index (κ1) is 15.4. The Labute approximate surface area is 129 Å². The fourth-order valence-electron chi connectivity index (χ4n) is 2.40. The lowest BCUT2D eigenvalue weighted by Gasteiger charge is -2.31. The van der Waals surface area contributed by atoms with E-state index in [1.54, 1.807) is 11.3 Å². The van der Waals surface area contributed by atoms with E-state index in [0.29, 0.717) is 11.5 Å². The molecule has 2 heterocycles. The van der Waals surface area contributed by atoms with Gasteiger partial charge in [0.05, 0.1) is 9.87 Å². The number of likely N-dealkylation sites (tertiary alicyclic amines) is 1. The molecule has 1 aromatic rings. The Kier molecular flexibility index (Phi) is 5.12. The van der Waals surface area contributed by atoms with Crippen LogP contribution in [0, 0.1) is 13.8 Å². The number of thiophene rings is 1.